The molecule has 0 bridgehead atoms. The third-order valence-electron chi connectivity index (χ3n) is 1.48. The van der Waals surface area contributed by atoms with Crippen molar-refractivity contribution in [2.24, 2.45) is 5.73 Å². The number of benzene rings is 1. The average molecular weight is 183 g/mol. The first-order valence-corrected chi connectivity index (χ1v) is 3.35. The molecule has 0 fully saturated rings. The van der Waals surface area contributed by atoms with E-state index in [2.05, 4.69) is 0 Å². The highest BCUT2D eigenvalue weighted by molar-refractivity contribution is 5.96. The minimum absolute atomic E-state index is 0.171. The van der Waals surface area contributed by atoms with Crippen molar-refractivity contribution in [3.8, 4) is 0 Å². The number of aromatic carboxylic acids is 1. The van der Waals surface area contributed by atoms with E-state index in [-0.39, 0.29) is 5.56 Å². The molecule has 1 aromatic rings. The summed E-state index contributed by atoms with van der Waals surface area (Å²) in [5.41, 5.74) is 4.22. The molecule has 4 nitrogen and oxygen atoms in total. The fourth-order valence-corrected chi connectivity index (χ4v) is 0.847. The summed E-state index contributed by atoms with van der Waals surface area (Å²) in [5, 5.41) is 8.51. The van der Waals surface area contributed by atoms with Gasteiger partial charge in [0.25, 0.3) is 5.91 Å². The summed E-state index contributed by atoms with van der Waals surface area (Å²) in [6, 6.07) is 2.85. The molecule has 0 aliphatic carbocycles. The molecule has 1 aromatic carbocycles. The summed E-state index contributed by atoms with van der Waals surface area (Å²) in [4.78, 5) is 21.0. The minimum Gasteiger partial charge on any atom is -0.478 e. The van der Waals surface area contributed by atoms with E-state index in [1.807, 2.05) is 0 Å². The maximum Gasteiger partial charge on any atom is 0.335 e. The second-order valence-corrected chi connectivity index (χ2v) is 2.36. The number of amides is 1. The molecule has 0 aromatic heterocycles. The van der Waals surface area contributed by atoms with E-state index in [1.165, 1.54) is 0 Å². The van der Waals surface area contributed by atoms with Gasteiger partial charge in [-0.2, -0.15) is 0 Å². The normalized spacial score (nSPS) is 9.62. The molecule has 13 heavy (non-hydrogen) atoms. The quantitative estimate of drug-likeness (QED) is 0.705. The maximum atomic E-state index is 12.8. The van der Waals surface area contributed by atoms with Crippen molar-refractivity contribution in [2.75, 3.05) is 0 Å². The van der Waals surface area contributed by atoms with Crippen molar-refractivity contribution in [3.05, 3.63) is 35.1 Å². The van der Waals surface area contributed by atoms with Gasteiger partial charge in [-0.15, -0.1) is 0 Å². The number of carboxylic acid groups (broad SMARTS) is 1. The highest BCUT2D eigenvalue weighted by Gasteiger charge is 2.11. The van der Waals surface area contributed by atoms with Crippen LogP contribution in [0.25, 0.3) is 0 Å². The topological polar surface area (TPSA) is 80.4 Å². The van der Waals surface area contributed by atoms with Crippen LogP contribution in [-0.4, -0.2) is 17.0 Å². The first-order valence-electron chi connectivity index (χ1n) is 3.35. The predicted octanol–water partition coefficient (Wildman–Crippen LogP) is 0.623. The lowest BCUT2D eigenvalue weighted by Gasteiger charge is -1.99. The van der Waals surface area contributed by atoms with E-state index in [0.717, 1.165) is 18.2 Å². The average Bonchev–Trinajstić information content (AvgIpc) is 2.04. The Hall–Kier alpha value is -1.91. The Morgan fingerprint density at radius 2 is 2.00 bits per heavy atom. The summed E-state index contributed by atoms with van der Waals surface area (Å²) in [5.74, 6) is -3.04. The zero-order valence-corrected chi connectivity index (χ0v) is 6.45. The number of primary amides is 1. The zero-order valence-electron chi connectivity index (χ0n) is 6.45. The maximum absolute atomic E-state index is 12.8. The van der Waals surface area contributed by atoms with E-state index >= 15 is 0 Å². The number of carbonyl (C=O) groups excluding carboxylic acids is 1. The number of rotatable bonds is 2. The third kappa shape index (κ3) is 1.81. The molecular formula is C8H6FNO3. The van der Waals surface area contributed by atoms with Gasteiger partial charge in [0, 0.05) is 0 Å². The summed E-state index contributed by atoms with van der Waals surface area (Å²) >= 11 is 0. The molecule has 5 heteroatoms. The first kappa shape index (κ1) is 9.18. The Kier molecular flexibility index (Phi) is 2.27. The fraction of sp³-hybridized carbons (Fsp3) is 0. The van der Waals surface area contributed by atoms with Gasteiger partial charge in [0.05, 0.1) is 11.1 Å². The number of carboxylic acids is 1. The first-order chi connectivity index (χ1) is 6.02. The Bertz CT molecular complexity index is 376. The molecule has 0 unspecified atom stereocenters. The highest BCUT2D eigenvalue weighted by Crippen LogP contribution is 2.09. The van der Waals surface area contributed by atoms with E-state index in [9.17, 15) is 14.0 Å². The van der Waals surface area contributed by atoms with Crippen molar-refractivity contribution >= 4 is 11.9 Å². The molecule has 0 saturated heterocycles. The molecule has 0 saturated carbocycles. The van der Waals surface area contributed by atoms with Gasteiger partial charge in [0.1, 0.15) is 5.82 Å². The number of hydrogen-bond acceptors (Lipinski definition) is 2. The molecule has 1 amide bonds. The monoisotopic (exact) mass is 183 g/mol. The number of halogens is 1. The van der Waals surface area contributed by atoms with Crippen molar-refractivity contribution in [1.29, 1.82) is 0 Å². The van der Waals surface area contributed by atoms with Crippen LogP contribution in [0, 0.1) is 5.82 Å². The molecule has 0 aliphatic heterocycles. The Labute approximate surface area is 72.8 Å². The van der Waals surface area contributed by atoms with Crippen LogP contribution in [-0.2, 0) is 0 Å². The van der Waals surface area contributed by atoms with Gasteiger partial charge in [-0.3, -0.25) is 4.79 Å². The van der Waals surface area contributed by atoms with Gasteiger partial charge in [0.15, 0.2) is 0 Å². The summed E-state index contributed by atoms with van der Waals surface area (Å²) in [6.45, 7) is 0. The number of carbonyl (C=O) groups is 2. The van der Waals surface area contributed by atoms with Gasteiger partial charge in [-0.05, 0) is 18.2 Å². The lowest BCUT2D eigenvalue weighted by Crippen LogP contribution is -2.14. The smallest absolute Gasteiger partial charge is 0.335 e. The predicted molar refractivity (Wildman–Crippen MR) is 41.9 cm³/mol. The molecule has 0 spiro atoms. The van der Waals surface area contributed by atoms with Crippen LogP contribution in [0.4, 0.5) is 4.39 Å². The fourth-order valence-electron chi connectivity index (χ4n) is 0.847. The van der Waals surface area contributed by atoms with Crippen molar-refractivity contribution in [1.82, 2.24) is 0 Å². The summed E-state index contributed by atoms with van der Waals surface area (Å²) in [6.07, 6.45) is 0. The van der Waals surface area contributed by atoms with Crippen LogP contribution < -0.4 is 5.73 Å². The van der Waals surface area contributed by atoms with Crippen LogP contribution in [0.3, 0.4) is 0 Å². The minimum atomic E-state index is -1.23. The molecule has 0 aliphatic rings. The van der Waals surface area contributed by atoms with Gasteiger partial charge < -0.3 is 10.8 Å². The van der Waals surface area contributed by atoms with E-state index in [4.69, 9.17) is 10.8 Å². The Morgan fingerprint density at radius 1 is 1.38 bits per heavy atom. The number of nitrogens with two attached hydrogens (primary N) is 1. The molecule has 0 heterocycles. The van der Waals surface area contributed by atoms with Gasteiger partial charge in [-0.25, -0.2) is 9.18 Å². The van der Waals surface area contributed by atoms with Gasteiger partial charge in [0.2, 0.25) is 0 Å². The van der Waals surface area contributed by atoms with Crippen molar-refractivity contribution < 1.29 is 19.1 Å². The van der Waals surface area contributed by atoms with Crippen LogP contribution >= 0.6 is 0 Å². The van der Waals surface area contributed by atoms with E-state index in [1.54, 1.807) is 0 Å². The Balaban J connectivity index is 3.27. The lowest BCUT2D eigenvalue weighted by molar-refractivity contribution is 0.0697. The van der Waals surface area contributed by atoms with E-state index in [0.29, 0.717) is 0 Å². The number of hydrogen-bond donors (Lipinski definition) is 2. The SMILES string of the molecule is NC(=O)c1cc(C(=O)O)ccc1F. The lowest BCUT2D eigenvalue weighted by atomic mass is 10.1. The van der Waals surface area contributed by atoms with Crippen molar-refractivity contribution in [3.63, 3.8) is 0 Å². The highest BCUT2D eigenvalue weighted by atomic mass is 19.1. The molecule has 1 rings (SSSR count). The largest absolute Gasteiger partial charge is 0.478 e. The van der Waals surface area contributed by atoms with Crippen LogP contribution in [0.15, 0.2) is 18.2 Å². The molecule has 0 radical (unpaired) electrons. The standard InChI is InChI=1S/C8H6FNO3/c9-6-2-1-4(8(12)13)3-5(6)7(10)11/h1-3H,(H2,10,11)(H,12,13). The van der Waals surface area contributed by atoms with Crippen LogP contribution in [0.5, 0.6) is 0 Å². The zero-order chi connectivity index (χ0) is 10.0. The summed E-state index contributed by atoms with van der Waals surface area (Å²) < 4.78 is 12.8. The molecular weight excluding hydrogens is 177 g/mol. The second kappa shape index (κ2) is 3.22. The third-order valence-corrected chi connectivity index (χ3v) is 1.48. The molecule has 0 atom stereocenters. The second-order valence-electron chi connectivity index (χ2n) is 2.36. The van der Waals surface area contributed by atoms with Gasteiger partial charge >= 0.3 is 5.97 Å². The molecule has 68 valence electrons. The Morgan fingerprint density at radius 3 is 2.46 bits per heavy atom. The summed E-state index contributed by atoms with van der Waals surface area (Å²) in [7, 11) is 0. The van der Waals surface area contributed by atoms with Crippen molar-refractivity contribution in [2.45, 2.75) is 0 Å². The molecule has 3 N–H and O–H groups in total. The van der Waals surface area contributed by atoms with Crippen LogP contribution in [0.2, 0.25) is 0 Å². The van der Waals surface area contributed by atoms with Gasteiger partial charge in [-0.1, -0.05) is 0 Å². The van der Waals surface area contributed by atoms with E-state index < -0.39 is 23.3 Å². The van der Waals surface area contributed by atoms with Crippen LogP contribution in [0.1, 0.15) is 20.7 Å².